The highest BCUT2D eigenvalue weighted by Crippen LogP contribution is 2.23. The van der Waals surface area contributed by atoms with Crippen LogP contribution in [0.1, 0.15) is 11.3 Å². The second kappa shape index (κ2) is 5.41. The smallest absolute Gasteiger partial charge is 0.154 e. The second-order valence-electron chi connectivity index (χ2n) is 4.63. The average Bonchev–Trinajstić information content (AvgIpc) is 3.08. The molecule has 2 aromatic heterocycles. The summed E-state index contributed by atoms with van der Waals surface area (Å²) in [7, 11) is 0. The highest BCUT2D eigenvalue weighted by molar-refractivity contribution is 5.57. The lowest BCUT2D eigenvalue weighted by Gasteiger charge is -2.04. The van der Waals surface area contributed by atoms with E-state index in [2.05, 4.69) is 5.10 Å². The number of nitrogens with two attached hydrogens (primary N) is 1. The van der Waals surface area contributed by atoms with E-state index >= 15 is 0 Å². The summed E-state index contributed by atoms with van der Waals surface area (Å²) in [6.07, 6.45) is 0. The van der Waals surface area contributed by atoms with E-state index in [0.29, 0.717) is 28.6 Å². The first kappa shape index (κ1) is 13.4. The van der Waals surface area contributed by atoms with Gasteiger partial charge in [0.15, 0.2) is 5.76 Å². The molecule has 0 aliphatic rings. The third-order valence-corrected chi connectivity index (χ3v) is 3.16. The number of aliphatic hydroxyl groups is 1. The van der Waals surface area contributed by atoms with Gasteiger partial charge in [0.2, 0.25) is 0 Å². The monoisotopic (exact) mass is 287 g/mol. The van der Waals surface area contributed by atoms with Gasteiger partial charge in [0, 0.05) is 11.6 Å². The Morgan fingerprint density at radius 3 is 2.76 bits per heavy atom. The zero-order chi connectivity index (χ0) is 14.8. The molecule has 108 valence electrons. The lowest BCUT2D eigenvalue weighted by Crippen LogP contribution is -2.07. The molecule has 2 heterocycles. The molecule has 3 rings (SSSR count). The molecule has 0 atom stereocenters. The molecule has 0 aliphatic heterocycles. The fourth-order valence-corrected chi connectivity index (χ4v) is 2.07. The van der Waals surface area contributed by atoms with Crippen LogP contribution in [0, 0.1) is 5.82 Å². The number of aromatic nitrogens is 2. The first-order valence-electron chi connectivity index (χ1n) is 6.44. The van der Waals surface area contributed by atoms with Crippen LogP contribution in [0.15, 0.2) is 46.9 Å². The van der Waals surface area contributed by atoms with Gasteiger partial charge >= 0.3 is 0 Å². The summed E-state index contributed by atoms with van der Waals surface area (Å²) >= 11 is 0. The Labute approximate surface area is 120 Å². The Bertz CT molecular complexity index is 764. The fourth-order valence-electron chi connectivity index (χ4n) is 2.07. The number of anilines is 1. The van der Waals surface area contributed by atoms with Crippen molar-refractivity contribution < 1.29 is 13.9 Å². The van der Waals surface area contributed by atoms with Gasteiger partial charge in [-0.05, 0) is 18.2 Å². The molecule has 3 aromatic rings. The third kappa shape index (κ3) is 2.66. The maximum atomic E-state index is 13.7. The number of nitrogen functional groups attached to an aromatic ring is 1. The molecule has 0 fully saturated rings. The van der Waals surface area contributed by atoms with Crippen molar-refractivity contribution >= 4 is 5.82 Å². The Morgan fingerprint density at radius 2 is 2.05 bits per heavy atom. The molecule has 0 aliphatic carbocycles. The van der Waals surface area contributed by atoms with Gasteiger partial charge in [0.25, 0.3) is 0 Å². The van der Waals surface area contributed by atoms with Gasteiger partial charge in [-0.2, -0.15) is 5.10 Å². The van der Waals surface area contributed by atoms with Crippen molar-refractivity contribution in [3.8, 4) is 11.5 Å². The van der Waals surface area contributed by atoms with E-state index in [4.69, 9.17) is 15.3 Å². The maximum absolute atomic E-state index is 13.7. The minimum Gasteiger partial charge on any atom is -0.457 e. The highest BCUT2D eigenvalue weighted by atomic mass is 19.1. The zero-order valence-corrected chi connectivity index (χ0v) is 11.2. The van der Waals surface area contributed by atoms with Crippen LogP contribution < -0.4 is 5.73 Å². The predicted octanol–water partition coefficient (Wildman–Crippen LogP) is 2.41. The number of nitrogens with zero attached hydrogens (tertiary/aromatic N) is 2. The van der Waals surface area contributed by atoms with Crippen molar-refractivity contribution in [2.24, 2.45) is 0 Å². The van der Waals surface area contributed by atoms with Crippen LogP contribution in [0.4, 0.5) is 10.2 Å². The predicted molar refractivity (Wildman–Crippen MR) is 75.8 cm³/mol. The van der Waals surface area contributed by atoms with Crippen molar-refractivity contribution in [3.63, 3.8) is 0 Å². The quantitative estimate of drug-likeness (QED) is 0.772. The summed E-state index contributed by atoms with van der Waals surface area (Å²) in [5.74, 6) is 1.08. The molecule has 0 amide bonds. The lowest BCUT2D eigenvalue weighted by molar-refractivity contribution is 0.248. The summed E-state index contributed by atoms with van der Waals surface area (Å²) in [5, 5.41) is 13.3. The molecule has 6 heteroatoms. The minimum absolute atomic E-state index is 0.175. The van der Waals surface area contributed by atoms with E-state index in [0.717, 1.165) is 0 Å². The average molecular weight is 287 g/mol. The van der Waals surface area contributed by atoms with Crippen molar-refractivity contribution in [3.05, 3.63) is 59.6 Å². The number of halogens is 1. The summed E-state index contributed by atoms with van der Waals surface area (Å²) in [4.78, 5) is 0. The molecule has 21 heavy (non-hydrogen) atoms. The molecule has 0 saturated heterocycles. The van der Waals surface area contributed by atoms with E-state index in [-0.39, 0.29) is 19.0 Å². The van der Waals surface area contributed by atoms with Crippen LogP contribution in [0.3, 0.4) is 0 Å². The van der Waals surface area contributed by atoms with Gasteiger partial charge < -0.3 is 15.3 Å². The van der Waals surface area contributed by atoms with Crippen molar-refractivity contribution in [1.82, 2.24) is 9.78 Å². The van der Waals surface area contributed by atoms with Crippen LogP contribution in [-0.4, -0.2) is 14.9 Å². The third-order valence-electron chi connectivity index (χ3n) is 3.16. The Balaban J connectivity index is 1.89. The van der Waals surface area contributed by atoms with Crippen molar-refractivity contribution in [1.29, 1.82) is 0 Å². The molecule has 0 bridgehead atoms. The van der Waals surface area contributed by atoms with Gasteiger partial charge in [0.05, 0.1) is 6.54 Å². The summed E-state index contributed by atoms with van der Waals surface area (Å²) in [5.41, 5.74) is 6.96. The zero-order valence-electron chi connectivity index (χ0n) is 11.2. The van der Waals surface area contributed by atoms with Gasteiger partial charge in [-0.15, -0.1) is 0 Å². The van der Waals surface area contributed by atoms with Crippen molar-refractivity contribution in [2.75, 3.05) is 5.73 Å². The molecule has 0 spiro atoms. The minimum atomic E-state index is -0.297. The standard InChI is InChI=1S/C15H14FN3O2/c16-12-4-2-1-3-10(12)8-19-15(17)7-13(18-19)14-6-5-11(9-20)21-14/h1-7,20H,8-9,17H2. The van der Waals surface area contributed by atoms with Gasteiger partial charge in [-0.3, -0.25) is 0 Å². The summed E-state index contributed by atoms with van der Waals surface area (Å²) < 4.78 is 20.6. The van der Waals surface area contributed by atoms with E-state index in [1.807, 2.05) is 0 Å². The number of benzene rings is 1. The van der Waals surface area contributed by atoms with E-state index in [9.17, 15) is 4.39 Å². The molecule has 0 saturated carbocycles. The number of aliphatic hydroxyl groups excluding tert-OH is 1. The molecule has 3 N–H and O–H groups in total. The molecule has 1 aromatic carbocycles. The van der Waals surface area contributed by atoms with E-state index in [1.165, 1.54) is 10.7 Å². The number of rotatable bonds is 4. The molecule has 0 radical (unpaired) electrons. The number of hydrogen-bond donors (Lipinski definition) is 2. The fraction of sp³-hybridized carbons (Fsp3) is 0.133. The topological polar surface area (TPSA) is 77.2 Å². The van der Waals surface area contributed by atoms with Gasteiger partial charge in [-0.1, -0.05) is 18.2 Å². The normalized spacial score (nSPS) is 11.0. The van der Waals surface area contributed by atoms with Gasteiger partial charge in [-0.25, -0.2) is 9.07 Å². The lowest BCUT2D eigenvalue weighted by atomic mass is 10.2. The molecule has 5 nitrogen and oxygen atoms in total. The summed E-state index contributed by atoms with van der Waals surface area (Å²) in [6, 6.07) is 11.5. The Hall–Kier alpha value is -2.60. The SMILES string of the molecule is Nc1cc(-c2ccc(CO)o2)nn1Cc1ccccc1F. The number of hydrogen-bond acceptors (Lipinski definition) is 4. The molecule has 0 unspecified atom stereocenters. The Morgan fingerprint density at radius 1 is 1.24 bits per heavy atom. The maximum Gasteiger partial charge on any atom is 0.154 e. The van der Waals surface area contributed by atoms with E-state index < -0.39 is 0 Å². The molecular weight excluding hydrogens is 273 g/mol. The summed E-state index contributed by atoms with van der Waals surface area (Å²) in [6.45, 7) is 0.0670. The van der Waals surface area contributed by atoms with E-state index in [1.54, 1.807) is 36.4 Å². The van der Waals surface area contributed by atoms with Crippen LogP contribution >= 0.6 is 0 Å². The van der Waals surface area contributed by atoms with Crippen LogP contribution in [0.2, 0.25) is 0 Å². The highest BCUT2D eigenvalue weighted by Gasteiger charge is 2.12. The Kier molecular flexibility index (Phi) is 3.45. The van der Waals surface area contributed by atoms with Crippen LogP contribution in [0.5, 0.6) is 0 Å². The first-order chi connectivity index (χ1) is 10.2. The van der Waals surface area contributed by atoms with Crippen LogP contribution in [-0.2, 0) is 13.2 Å². The van der Waals surface area contributed by atoms with Crippen LogP contribution in [0.25, 0.3) is 11.5 Å². The second-order valence-corrected chi connectivity index (χ2v) is 4.63. The first-order valence-corrected chi connectivity index (χ1v) is 6.44. The molecular formula is C15H14FN3O2. The van der Waals surface area contributed by atoms with Gasteiger partial charge in [0.1, 0.15) is 29.7 Å². The van der Waals surface area contributed by atoms with Crippen molar-refractivity contribution in [2.45, 2.75) is 13.2 Å². The largest absolute Gasteiger partial charge is 0.457 e. The number of furan rings is 1.